The molecule has 0 bridgehead atoms. The largest absolute Gasteiger partial charge is 0.253 e. The van der Waals surface area contributed by atoms with Crippen LogP contribution in [0.1, 0.15) is 23.7 Å². The highest BCUT2D eigenvalue weighted by molar-refractivity contribution is 5.87. The number of benzene rings is 2. The van der Waals surface area contributed by atoms with Gasteiger partial charge in [0.2, 0.25) is 0 Å². The Morgan fingerprint density at radius 1 is 0.958 bits per heavy atom. The van der Waals surface area contributed by atoms with Gasteiger partial charge in [-0.1, -0.05) is 37.3 Å². The molecule has 0 fully saturated rings. The van der Waals surface area contributed by atoms with Crippen LogP contribution in [0.25, 0.3) is 22.0 Å². The van der Waals surface area contributed by atoms with Crippen LogP contribution in [-0.2, 0) is 22.6 Å². The number of fused-ring (bicyclic) bond motifs is 1. The lowest BCUT2D eigenvalue weighted by molar-refractivity contribution is -0.271. The molecule has 0 aliphatic heterocycles. The lowest BCUT2D eigenvalue weighted by atomic mass is 9.97. The molecule has 24 heavy (non-hydrogen) atoms. The Kier molecular flexibility index (Phi) is 5.24. The van der Waals surface area contributed by atoms with E-state index in [2.05, 4.69) is 55.5 Å². The zero-order valence-electron chi connectivity index (χ0n) is 14.5. The molecule has 1 heterocycles. The summed E-state index contributed by atoms with van der Waals surface area (Å²) in [5.41, 5.74) is 7.04. The van der Waals surface area contributed by atoms with Gasteiger partial charge in [0.25, 0.3) is 0 Å². The summed E-state index contributed by atoms with van der Waals surface area (Å²) in [5.74, 6) is 0. The van der Waals surface area contributed by atoms with E-state index in [1.54, 1.807) is 0 Å². The summed E-state index contributed by atoms with van der Waals surface area (Å²) >= 11 is 0. The smallest absolute Gasteiger partial charge is 0.0863 e. The van der Waals surface area contributed by atoms with Crippen LogP contribution in [0, 0.1) is 6.92 Å². The Bertz CT molecular complexity index is 825. The van der Waals surface area contributed by atoms with Crippen LogP contribution in [-0.4, -0.2) is 18.7 Å². The van der Waals surface area contributed by atoms with Crippen molar-refractivity contribution in [1.82, 2.24) is 4.98 Å². The molecule has 0 unspecified atom stereocenters. The van der Waals surface area contributed by atoms with E-state index in [1.807, 2.05) is 6.92 Å². The molecule has 3 aromatic rings. The van der Waals surface area contributed by atoms with E-state index >= 15 is 0 Å². The molecule has 0 radical (unpaired) electrons. The van der Waals surface area contributed by atoms with Crippen LogP contribution in [0.15, 0.2) is 48.5 Å². The summed E-state index contributed by atoms with van der Waals surface area (Å²) in [4.78, 5) is 14.5. The number of rotatable bonds is 6. The van der Waals surface area contributed by atoms with Crippen molar-refractivity contribution in [1.29, 1.82) is 0 Å². The van der Waals surface area contributed by atoms with Gasteiger partial charge >= 0.3 is 0 Å². The average Bonchev–Trinajstić information content (AvgIpc) is 2.62. The van der Waals surface area contributed by atoms with E-state index in [0.29, 0.717) is 6.61 Å². The average molecular weight is 321 g/mol. The lowest BCUT2D eigenvalue weighted by Gasteiger charge is -2.11. The van der Waals surface area contributed by atoms with Gasteiger partial charge in [-0.2, -0.15) is 0 Å². The molecular weight excluding hydrogens is 298 g/mol. The maximum Gasteiger partial charge on any atom is 0.0863 e. The van der Waals surface area contributed by atoms with Crippen LogP contribution in [0.2, 0.25) is 0 Å². The first-order valence-corrected chi connectivity index (χ1v) is 8.36. The van der Waals surface area contributed by atoms with Crippen molar-refractivity contribution in [2.75, 3.05) is 13.7 Å². The van der Waals surface area contributed by atoms with Crippen molar-refractivity contribution in [3.8, 4) is 11.1 Å². The fraction of sp³-hybridized carbons (Fsp3) is 0.286. The molecule has 1 aromatic heterocycles. The molecule has 3 rings (SSSR count). The molecule has 0 spiro atoms. The van der Waals surface area contributed by atoms with E-state index in [4.69, 9.17) is 14.8 Å². The second-order valence-electron chi connectivity index (χ2n) is 5.95. The Morgan fingerprint density at radius 2 is 1.75 bits per heavy atom. The van der Waals surface area contributed by atoms with Gasteiger partial charge in [-0.3, -0.25) is 4.98 Å². The van der Waals surface area contributed by atoms with Gasteiger partial charge in [0.15, 0.2) is 0 Å². The minimum absolute atomic E-state index is 0.513. The fourth-order valence-corrected chi connectivity index (χ4v) is 2.93. The van der Waals surface area contributed by atoms with E-state index in [1.165, 1.54) is 29.4 Å². The summed E-state index contributed by atoms with van der Waals surface area (Å²) in [6.07, 6.45) is 1.82. The molecule has 0 N–H and O–H groups in total. The van der Waals surface area contributed by atoms with Crippen molar-refractivity contribution in [2.45, 2.75) is 26.7 Å². The predicted molar refractivity (Wildman–Crippen MR) is 98.0 cm³/mol. The highest BCUT2D eigenvalue weighted by Gasteiger charge is 2.08. The molecule has 124 valence electrons. The summed E-state index contributed by atoms with van der Waals surface area (Å²) in [5, 5.41) is 1.16. The topological polar surface area (TPSA) is 31.4 Å². The zero-order chi connectivity index (χ0) is 16.9. The number of aromatic nitrogens is 1. The second kappa shape index (κ2) is 7.56. The lowest BCUT2D eigenvalue weighted by Crippen LogP contribution is -2.00. The van der Waals surface area contributed by atoms with Crippen LogP contribution in [0.3, 0.4) is 0 Å². The van der Waals surface area contributed by atoms with E-state index < -0.39 is 0 Å². The molecule has 0 atom stereocenters. The summed E-state index contributed by atoms with van der Waals surface area (Å²) in [6, 6.07) is 17.4. The monoisotopic (exact) mass is 321 g/mol. The first kappa shape index (κ1) is 16.6. The molecule has 0 aliphatic rings. The minimum atomic E-state index is 0.513. The molecule has 0 saturated heterocycles. The van der Waals surface area contributed by atoms with Gasteiger partial charge in [0.05, 0.1) is 19.2 Å². The molecule has 0 saturated carbocycles. The standard InChI is InChI=1S/C21H23NO2/c1-4-16-6-9-17(10-7-16)20-13-18-8-5-15(2)22-21(18)19(14-20)11-12-24-23-3/h5-10,13-14H,4,11-12H2,1-3H3. The third-order valence-electron chi connectivity index (χ3n) is 4.28. The molecular formula is C21H23NO2. The fourth-order valence-electron chi connectivity index (χ4n) is 2.93. The second-order valence-corrected chi connectivity index (χ2v) is 5.95. The van der Waals surface area contributed by atoms with E-state index in [0.717, 1.165) is 29.4 Å². The zero-order valence-corrected chi connectivity index (χ0v) is 14.5. The first-order chi connectivity index (χ1) is 11.7. The van der Waals surface area contributed by atoms with Gasteiger partial charge in [0, 0.05) is 17.5 Å². The maximum absolute atomic E-state index is 5.06. The van der Waals surface area contributed by atoms with E-state index in [-0.39, 0.29) is 0 Å². The normalized spacial score (nSPS) is 11.1. The number of nitrogens with zero attached hydrogens (tertiary/aromatic N) is 1. The van der Waals surface area contributed by atoms with Crippen LogP contribution < -0.4 is 0 Å². The first-order valence-electron chi connectivity index (χ1n) is 8.36. The van der Waals surface area contributed by atoms with Crippen molar-refractivity contribution in [3.63, 3.8) is 0 Å². The van der Waals surface area contributed by atoms with Gasteiger partial charge in [0.1, 0.15) is 0 Å². The highest BCUT2D eigenvalue weighted by Crippen LogP contribution is 2.28. The Hall–Kier alpha value is -2.23. The number of aryl methyl sites for hydroxylation is 2. The third-order valence-corrected chi connectivity index (χ3v) is 4.28. The molecule has 2 aromatic carbocycles. The molecule has 3 nitrogen and oxygen atoms in total. The van der Waals surface area contributed by atoms with Crippen molar-refractivity contribution in [2.24, 2.45) is 0 Å². The van der Waals surface area contributed by atoms with Gasteiger partial charge in [-0.05, 0) is 53.8 Å². The number of hydrogen-bond acceptors (Lipinski definition) is 3. The maximum atomic E-state index is 5.06. The van der Waals surface area contributed by atoms with Crippen molar-refractivity contribution in [3.05, 3.63) is 65.4 Å². The van der Waals surface area contributed by atoms with Gasteiger partial charge < -0.3 is 0 Å². The minimum Gasteiger partial charge on any atom is -0.253 e. The highest BCUT2D eigenvalue weighted by atomic mass is 17.2. The summed E-state index contributed by atoms with van der Waals surface area (Å²) in [7, 11) is 1.53. The number of pyridine rings is 1. The van der Waals surface area contributed by atoms with Crippen LogP contribution in [0.5, 0.6) is 0 Å². The predicted octanol–water partition coefficient (Wildman–Crippen LogP) is 4.89. The summed E-state index contributed by atoms with van der Waals surface area (Å²) in [6.45, 7) is 4.71. The number of hydrogen-bond donors (Lipinski definition) is 0. The van der Waals surface area contributed by atoms with Crippen molar-refractivity contribution >= 4 is 10.9 Å². The quantitative estimate of drug-likeness (QED) is 0.368. The third kappa shape index (κ3) is 3.64. The van der Waals surface area contributed by atoms with Crippen LogP contribution in [0.4, 0.5) is 0 Å². The van der Waals surface area contributed by atoms with E-state index in [9.17, 15) is 0 Å². The molecule has 0 aliphatic carbocycles. The molecule has 3 heteroatoms. The van der Waals surface area contributed by atoms with Crippen LogP contribution >= 0.6 is 0 Å². The SMILES string of the molecule is CCc1ccc(-c2cc(CCOOC)c3nc(C)ccc3c2)cc1. The molecule has 0 amide bonds. The Morgan fingerprint density at radius 3 is 2.46 bits per heavy atom. The van der Waals surface area contributed by atoms with Gasteiger partial charge in [-0.25, -0.2) is 9.78 Å². The van der Waals surface area contributed by atoms with Crippen molar-refractivity contribution < 1.29 is 9.78 Å². The Balaban J connectivity index is 2.05. The van der Waals surface area contributed by atoms with Gasteiger partial charge in [-0.15, -0.1) is 0 Å². The summed E-state index contributed by atoms with van der Waals surface area (Å²) < 4.78 is 0. The Labute approximate surface area is 143 Å².